The van der Waals surface area contributed by atoms with Gasteiger partial charge in [-0.05, 0) is 62.2 Å². The first-order chi connectivity index (χ1) is 10.1. The standard InChI is InChI=1S/C14H13Br2NO3S/c1-19-6-7-20-10-4-2-9(3-5-10)17-14(18)12-8-11(15)13(16)21-12/h2-5,8H,6-7H2,1H3,(H,17,18). The van der Waals surface area contributed by atoms with E-state index in [-0.39, 0.29) is 5.91 Å². The molecule has 2 aromatic rings. The Morgan fingerprint density at radius 2 is 1.95 bits per heavy atom. The van der Waals surface area contributed by atoms with E-state index < -0.39 is 0 Å². The summed E-state index contributed by atoms with van der Waals surface area (Å²) in [7, 11) is 1.63. The van der Waals surface area contributed by atoms with Crippen molar-refractivity contribution in [2.75, 3.05) is 25.6 Å². The van der Waals surface area contributed by atoms with Crippen LogP contribution < -0.4 is 10.1 Å². The molecule has 0 radical (unpaired) electrons. The molecule has 1 N–H and O–H groups in total. The van der Waals surface area contributed by atoms with Crippen molar-refractivity contribution >= 4 is 54.8 Å². The molecule has 0 unspecified atom stereocenters. The molecule has 0 aliphatic rings. The minimum absolute atomic E-state index is 0.139. The molecule has 1 aromatic heterocycles. The third-order valence-electron chi connectivity index (χ3n) is 2.54. The lowest BCUT2D eigenvalue weighted by Crippen LogP contribution is -2.10. The molecule has 0 bridgehead atoms. The van der Waals surface area contributed by atoms with Gasteiger partial charge in [0.1, 0.15) is 12.4 Å². The number of carbonyl (C=O) groups is 1. The van der Waals surface area contributed by atoms with Crippen LogP contribution in [0.4, 0.5) is 5.69 Å². The Balaban J connectivity index is 1.95. The number of methoxy groups -OCH3 is 1. The zero-order chi connectivity index (χ0) is 15.2. The molecule has 0 spiro atoms. The van der Waals surface area contributed by atoms with Crippen molar-refractivity contribution in [2.24, 2.45) is 0 Å². The first-order valence-corrected chi connectivity index (χ1v) is 8.48. The first kappa shape index (κ1) is 16.5. The molecule has 0 atom stereocenters. The summed E-state index contributed by atoms with van der Waals surface area (Å²) in [6.07, 6.45) is 0. The minimum atomic E-state index is -0.139. The summed E-state index contributed by atoms with van der Waals surface area (Å²) in [5.74, 6) is 0.603. The van der Waals surface area contributed by atoms with E-state index in [9.17, 15) is 4.79 Å². The minimum Gasteiger partial charge on any atom is -0.491 e. The van der Waals surface area contributed by atoms with Gasteiger partial charge in [-0.25, -0.2) is 0 Å². The fourth-order valence-corrected chi connectivity index (χ4v) is 3.46. The highest BCUT2D eigenvalue weighted by Gasteiger charge is 2.12. The van der Waals surface area contributed by atoms with Gasteiger partial charge < -0.3 is 14.8 Å². The van der Waals surface area contributed by atoms with Gasteiger partial charge in [0.15, 0.2) is 0 Å². The molecule has 0 saturated heterocycles. The molecule has 2 rings (SSSR count). The molecule has 21 heavy (non-hydrogen) atoms. The zero-order valence-electron chi connectivity index (χ0n) is 11.2. The monoisotopic (exact) mass is 433 g/mol. The molecular formula is C14H13Br2NO3S. The third-order valence-corrected chi connectivity index (χ3v) is 5.79. The SMILES string of the molecule is COCCOc1ccc(NC(=O)c2cc(Br)c(Br)s2)cc1. The van der Waals surface area contributed by atoms with Crippen molar-refractivity contribution in [1.82, 2.24) is 0 Å². The fraction of sp³-hybridized carbons (Fsp3) is 0.214. The number of hydrogen-bond acceptors (Lipinski definition) is 4. The van der Waals surface area contributed by atoms with Crippen LogP contribution >= 0.6 is 43.2 Å². The van der Waals surface area contributed by atoms with Crippen molar-refractivity contribution < 1.29 is 14.3 Å². The molecule has 0 saturated carbocycles. The number of thiophene rings is 1. The summed E-state index contributed by atoms with van der Waals surface area (Å²) in [6.45, 7) is 1.04. The Labute approximate surface area is 143 Å². The highest BCUT2D eigenvalue weighted by Crippen LogP contribution is 2.32. The van der Waals surface area contributed by atoms with Crippen LogP contribution in [-0.4, -0.2) is 26.2 Å². The average Bonchev–Trinajstić information content (AvgIpc) is 2.81. The lowest BCUT2D eigenvalue weighted by atomic mass is 10.3. The lowest BCUT2D eigenvalue weighted by molar-refractivity contribution is 0.103. The van der Waals surface area contributed by atoms with Crippen LogP contribution in [0.15, 0.2) is 38.6 Å². The number of carbonyl (C=O) groups excluding carboxylic acids is 1. The summed E-state index contributed by atoms with van der Waals surface area (Å²) in [6, 6.07) is 9.01. The molecule has 0 fully saturated rings. The van der Waals surface area contributed by atoms with E-state index in [0.717, 1.165) is 19.7 Å². The zero-order valence-corrected chi connectivity index (χ0v) is 15.2. The summed E-state index contributed by atoms with van der Waals surface area (Å²) >= 11 is 8.12. The molecule has 1 amide bonds. The third kappa shape index (κ3) is 4.81. The number of halogens is 2. The summed E-state index contributed by atoms with van der Waals surface area (Å²) in [5, 5.41) is 2.84. The molecule has 112 valence electrons. The lowest BCUT2D eigenvalue weighted by Gasteiger charge is -2.07. The van der Waals surface area contributed by atoms with Gasteiger partial charge in [-0.1, -0.05) is 0 Å². The van der Waals surface area contributed by atoms with E-state index in [1.165, 1.54) is 11.3 Å². The van der Waals surface area contributed by atoms with Crippen LogP contribution in [0.3, 0.4) is 0 Å². The van der Waals surface area contributed by atoms with Crippen molar-refractivity contribution in [1.29, 1.82) is 0 Å². The molecular weight excluding hydrogens is 422 g/mol. The molecule has 1 heterocycles. The highest BCUT2D eigenvalue weighted by atomic mass is 79.9. The quantitative estimate of drug-likeness (QED) is 0.678. The second-order valence-corrected chi connectivity index (χ2v) is 7.28. The summed E-state index contributed by atoms with van der Waals surface area (Å²) in [5.41, 5.74) is 0.722. The normalized spacial score (nSPS) is 10.4. The molecule has 1 aromatic carbocycles. The predicted octanol–water partition coefficient (Wildman–Crippen LogP) is 4.55. The van der Waals surface area contributed by atoms with Gasteiger partial charge in [0, 0.05) is 17.3 Å². The van der Waals surface area contributed by atoms with Gasteiger partial charge in [-0.2, -0.15) is 0 Å². The molecule has 4 nitrogen and oxygen atoms in total. The highest BCUT2D eigenvalue weighted by molar-refractivity contribution is 9.13. The Morgan fingerprint density at radius 3 is 2.52 bits per heavy atom. The fourth-order valence-electron chi connectivity index (χ4n) is 1.53. The number of anilines is 1. The van der Waals surface area contributed by atoms with E-state index in [1.54, 1.807) is 25.3 Å². The number of benzene rings is 1. The van der Waals surface area contributed by atoms with E-state index >= 15 is 0 Å². The first-order valence-electron chi connectivity index (χ1n) is 6.08. The van der Waals surface area contributed by atoms with E-state index in [4.69, 9.17) is 9.47 Å². The van der Waals surface area contributed by atoms with Gasteiger partial charge in [0.25, 0.3) is 5.91 Å². The maximum absolute atomic E-state index is 12.1. The Bertz CT molecular complexity index is 594. The maximum Gasteiger partial charge on any atom is 0.265 e. The smallest absolute Gasteiger partial charge is 0.265 e. The van der Waals surface area contributed by atoms with Gasteiger partial charge in [0.2, 0.25) is 0 Å². The predicted molar refractivity (Wildman–Crippen MR) is 91.5 cm³/mol. The summed E-state index contributed by atoms with van der Waals surface area (Å²) < 4.78 is 12.1. The van der Waals surface area contributed by atoms with Crippen LogP contribution in [0, 0.1) is 0 Å². The van der Waals surface area contributed by atoms with Crippen LogP contribution in [0.2, 0.25) is 0 Å². The van der Waals surface area contributed by atoms with Crippen LogP contribution in [0.1, 0.15) is 9.67 Å². The van der Waals surface area contributed by atoms with Gasteiger partial charge >= 0.3 is 0 Å². The van der Waals surface area contributed by atoms with Gasteiger partial charge in [-0.3, -0.25) is 4.79 Å². The summed E-state index contributed by atoms with van der Waals surface area (Å²) in [4.78, 5) is 12.7. The number of hydrogen-bond donors (Lipinski definition) is 1. The van der Waals surface area contributed by atoms with Crippen LogP contribution in [0.5, 0.6) is 5.75 Å². The second kappa shape index (κ2) is 7.93. The van der Waals surface area contributed by atoms with Crippen LogP contribution in [0.25, 0.3) is 0 Å². The second-order valence-electron chi connectivity index (χ2n) is 4.05. The number of nitrogens with one attached hydrogen (secondary N) is 1. The molecule has 0 aliphatic heterocycles. The maximum atomic E-state index is 12.1. The van der Waals surface area contributed by atoms with E-state index in [2.05, 4.69) is 37.2 Å². The Kier molecular flexibility index (Phi) is 6.22. The Morgan fingerprint density at radius 1 is 1.24 bits per heavy atom. The largest absolute Gasteiger partial charge is 0.491 e. The topological polar surface area (TPSA) is 47.6 Å². The van der Waals surface area contributed by atoms with Gasteiger partial charge in [0.05, 0.1) is 15.3 Å². The van der Waals surface area contributed by atoms with Crippen molar-refractivity contribution in [2.45, 2.75) is 0 Å². The number of ether oxygens (including phenoxy) is 2. The Hall–Kier alpha value is -0.890. The average molecular weight is 435 g/mol. The van der Waals surface area contributed by atoms with Gasteiger partial charge in [-0.15, -0.1) is 11.3 Å². The van der Waals surface area contributed by atoms with E-state index in [1.807, 2.05) is 12.1 Å². The number of rotatable bonds is 6. The van der Waals surface area contributed by atoms with Crippen molar-refractivity contribution in [3.63, 3.8) is 0 Å². The van der Waals surface area contributed by atoms with Crippen LogP contribution in [-0.2, 0) is 4.74 Å². The number of amides is 1. The van der Waals surface area contributed by atoms with Crippen molar-refractivity contribution in [3.8, 4) is 5.75 Å². The molecule has 7 heteroatoms. The molecule has 0 aliphatic carbocycles. The van der Waals surface area contributed by atoms with Crippen molar-refractivity contribution in [3.05, 3.63) is 43.5 Å². The van der Waals surface area contributed by atoms with E-state index in [0.29, 0.717) is 18.1 Å².